The molecule has 0 aliphatic rings. The molecule has 0 bridgehead atoms. The molecular weight excluding hydrogens is 829 g/mol. The van der Waals surface area contributed by atoms with E-state index in [1.807, 2.05) is 54.7 Å². The maximum absolute atomic E-state index is 12.8. The zero-order valence-electron chi connectivity index (χ0n) is 42.9. The summed E-state index contributed by atoms with van der Waals surface area (Å²) in [6, 6.07) is 0. The Labute approximate surface area is 411 Å². The van der Waals surface area contributed by atoms with Crippen LogP contribution in [0.4, 0.5) is 0 Å². The number of carbonyl (C=O) groups is 3. The smallest absolute Gasteiger partial charge is 0.306 e. The van der Waals surface area contributed by atoms with Crippen LogP contribution in [0.25, 0.3) is 0 Å². The molecule has 0 rings (SSSR count). The summed E-state index contributed by atoms with van der Waals surface area (Å²) >= 11 is 0. The number of unbranched alkanes of at least 4 members (excludes halogenated alkanes) is 18. The predicted octanol–water partition coefficient (Wildman–Crippen LogP) is 17.9. The lowest BCUT2D eigenvalue weighted by Gasteiger charge is -2.18. The number of carbonyl (C=O) groups excluding carboxylic acids is 3. The first-order chi connectivity index (χ1) is 33.0. The summed E-state index contributed by atoms with van der Waals surface area (Å²) in [6.45, 7) is 6.31. The van der Waals surface area contributed by atoms with Crippen molar-refractivity contribution in [2.45, 2.75) is 219 Å². The van der Waals surface area contributed by atoms with Gasteiger partial charge in [0.25, 0.3) is 0 Å². The Morgan fingerprint density at radius 1 is 0.328 bits per heavy atom. The van der Waals surface area contributed by atoms with Gasteiger partial charge in [0.05, 0.1) is 0 Å². The molecule has 0 spiro atoms. The highest BCUT2D eigenvalue weighted by atomic mass is 16.6. The van der Waals surface area contributed by atoms with E-state index in [1.165, 1.54) is 103 Å². The Balaban J connectivity index is 4.56. The quantitative estimate of drug-likeness (QED) is 0.0199. The maximum atomic E-state index is 12.8. The van der Waals surface area contributed by atoms with Gasteiger partial charge in [0.15, 0.2) is 6.10 Å². The van der Waals surface area contributed by atoms with Crippen LogP contribution in [-0.2, 0) is 28.6 Å². The van der Waals surface area contributed by atoms with E-state index >= 15 is 0 Å². The second-order valence-electron chi connectivity index (χ2n) is 17.2. The topological polar surface area (TPSA) is 78.9 Å². The van der Waals surface area contributed by atoms with Crippen LogP contribution in [0.3, 0.4) is 0 Å². The molecule has 0 saturated heterocycles. The summed E-state index contributed by atoms with van der Waals surface area (Å²) in [5, 5.41) is 0. The van der Waals surface area contributed by atoms with Gasteiger partial charge in [-0.15, -0.1) is 0 Å². The van der Waals surface area contributed by atoms with Gasteiger partial charge in [0.2, 0.25) is 0 Å². The molecule has 6 heteroatoms. The zero-order chi connectivity index (χ0) is 48.6. The number of esters is 3. The molecule has 0 radical (unpaired) electrons. The predicted molar refractivity (Wildman–Crippen MR) is 288 cm³/mol. The largest absolute Gasteiger partial charge is 0.462 e. The SMILES string of the molecule is CC\C=C/C=C\C=C/C=C\C=C/CCCC(=O)OCC(COC(=O)CCCCCCCCCCCC/C=C\C=C/CCCCC)OC(=O)CCC/C=C\C/C=C\C/C=C\C/C=C\CCCCC. The third-order valence-corrected chi connectivity index (χ3v) is 10.8. The van der Waals surface area contributed by atoms with E-state index in [2.05, 4.69) is 99.8 Å². The molecule has 0 aromatic carbocycles. The molecular formula is C61H96O6. The first-order valence-corrected chi connectivity index (χ1v) is 26.8. The Morgan fingerprint density at radius 3 is 1.13 bits per heavy atom. The average molecular weight is 925 g/mol. The van der Waals surface area contributed by atoms with Crippen LogP contribution in [0.1, 0.15) is 213 Å². The van der Waals surface area contributed by atoms with Gasteiger partial charge in [-0.25, -0.2) is 0 Å². The summed E-state index contributed by atoms with van der Waals surface area (Å²) in [7, 11) is 0. The third kappa shape index (κ3) is 52.4. The second-order valence-corrected chi connectivity index (χ2v) is 17.2. The van der Waals surface area contributed by atoms with E-state index in [4.69, 9.17) is 14.2 Å². The summed E-state index contributed by atoms with van der Waals surface area (Å²) in [5.74, 6) is -1.07. The normalized spacial score (nSPS) is 13.2. The number of hydrogen-bond acceptors (Lipinski definition) is 6. The van der Waals surface area contributed by atoms with E-state index in [-0.39, 0.29) is 44.0 Å². The third-order valence-electron chi connectivity index (χ3n) is 10.8. The number of ether oxygens (including phenoxy) is 3. The molecule has 1 atom stereocenters. The minimum atomic E-state index is -0.841. The molecule has 67 heavy (non-hydrogen) atoms. The fourth-order valence-corrected chi connectivity index (χ4v) is 6.75. The van der Waals surface area contributed by atoms with Crippen molar-refractivity contribution in [3.63, 3.8) is 0 Å². The molecule has 0 fully saturated rings. The highest BCUT2D eigenvalue weighted by Gasteiger charge is 2.19. The highest BCUT2D eigenvalue weighted by Crippen LogP contribution is 2.13. The standard InChI is InChI=1S/C61H96O6/c1-4-7-10-13-16-19-22-25-27-29-30-32-33-36-39-42-45-48-51-54-60(63)66-57-58(56-65-59(62)53-50-47-44-41-38-35-24-21-18-15-12-9-6-3)67-61(64)55-52-49-46-43-40-37-34-31-28-26-23-20-17-14-11-8-5-2/h9,12,15-22,24-26,28,34-35,37-38,41,43-44,46,58H,4-8,10-11,13-14,23,27,29-33,36,39-40,42,45,47-57H2,1-3H3/b12-9-,18-15-,19-16-,20-17-,24-21-,25-22-,28-26-,37-34-,38-35-,44-41-,46-43-. The summed E-state index contributed by atoms with van der Waals surface area (Å²) in [5.41, 5.74) is 0. The van der Waals surface area contributed by atoms with Crippen LogP contribution in [0.2, 0.25) is 0 Å². The number of hydrogen-bond donors (Lipinski definition) is 0. The van der Waals surface area contributed by atoms with Crippen molar-refractivity contribution in [1.82, 2.24) is 0 Å². The van der Waals surface area contributed by atoms with Crippen molar-refractivity contribution in [3.05, 3.63) is 134 Å². The van der Waals surface area contributed by atoms with E-state index in [9.17, 15) is 14.4 Å². The molecule has 1 unspecified atom stereocenters. The van der Waals surface area contributed by atoms with Crippen LogP contribution in [0.15, 0.2) is 134 Å². The molecule has 0 amide bonds. The lowest BCUT2D eigenvalue weighted by molar-refractivity contribution is -0.167. The molecule has 0 saturated carbocycles. The van der Waals surface area contributed by atoms with Crippen LogP contribution < -0.4 is 0 Å². The number of rotatable bonds is 46. The molecule has 6 nitrogen and oxygen atoms in total. The molecule has 376 valence electrons. The van der Waals surface area contributed by atoms with E-state index < -0.39 is 6.10 Å². The summed E-state index contributed by atoms with van der Waals surface area (Å²) in [6.07, 6.45) is 75.9. The maximum Gasteiger partial charge on any atom is 0.306 e. The van der Waals surface area contributed by atoms with Crippen LogP contribution >= 0.6 is 0 Å². The van der Waals surface area contributed by atoms with E-state index in [0.717, 1.165) is 57.8 Å². The Morgan fingerprint density at radius 2 is 0.657 bits per heavy atom. The van der Waals surface area contributed by atoms with Crippen LogP contribution in [0.5, 0.6) is 0 Å². The highest BCUT2D eigenvalue weighted by molar-refractivity contribution is 5.71. The van der Waals surface area contributed by atoms with Crippen molar-refractivity contribution >= 4 is 17.9 Å². The molecule has 0 aliphatic heterocycles. The van der Waals surface area contributed by atoms with Gasteiger partial charge in [-0.1, -0.05) is 231 Å². The van der Waals surface area contributed by atoms with Gasteiger partial charge < -0.3 is 14.2 Å². The number of allylic oxidation sites excluding steroid dienone is 22. The van der Waals surface area contributed by atoms with Crippen molar-refractivity contribution in [2.75, 3.05) is 13.2 Å². The fraction of sp³-hybridized carbons (Fsp3) is 0.590. The van der Waals surface area contributed by atoms with Crippen molar-refractivity contribution in [1.29, 1.82) is 0 Å². The average Bonchev–Trinajstić information content (AvgIpc) is 3.33. The molecule has 0 aliphatic carbocycles. The lowest BCUT2D eigenvalue weighted by atomic mass is 10.1. The van der Waals surface area contributed by atoms with E-state index in [0.29, 0.717) is 19.3 Å². The molecule has 0 aromatic heterocycles. The Hall–Kier alpha value is -4.45. The van der Waals surface area contributed by atoms with Gasteiger partial charge in [-0.2, -0.15) is 0 Å². The first kappa shape index (κ1) is 62.5. The second kappa shape index (κ2) is 54.2. The molecule has 0 N–H and O–H groups in total. The fourth-order valence-electron chi connectivity index (χ4n) is 6.75. The van der Waals surface area contributed by atoms with Crippen molar-refractivity contribution in [2.24, 2.45) is 0 Å². The van der Waals surface area contributed by atoms with Gasteiger partial charge in [0.1, 0.15) is 13.2 Å². The molecule has 0 heterocycles. The summed E-state index contributed by atoms with van der Waals surface area (Å²) < 4.78 is 16.7. The monoisotopic (exact) mass is 925 g/mol. The zero-order valence-corrected chi connectivity index (χ0v) is 42.9. The minimum Gasteiger partial charge on any atom is -0.462 e. The van der Waals surface area contributed by atoms with Gasteiger partial charge in [-0.05, 0) is 96.3 Å². The van der Waals surface area contributed by atoms with Gasteiger partial charge in [-0.3, -0.25) is 14.4 Å². The summed E-state index contributed by atoms with van der Waals surface area (Å²) in [4.78, 5) is 38.0. The minimum absolute atomic E-state index is 0.129. The van der Waals surface area contributed by atoms with Crippen LogP contribution in [-0.4, -0.2) is 37.2 Å². The van der Waals surface area contributed by atoms with Crippen molar-refractivity contribution < 1.29 is 28.6 Å². The Kier molecular flexibility index (Phi) is 50.6. The van der Waals surface area contributed by atoms with Gasteiger partial charge in [0, 0.05) is 19.3 Å². The lowest BCUT2D eigenvalue weighted by Crippen LogP contribution is -2.30. The first-order valence-electron chi connectivity index (χ1n) is 26.8. The Bertz CT molecular complexity index is 1480. The van der Waals surface area contributed by atoms with Crippen molar-refractivity contribution in [3.8, 4) is 0 Å². The molecule has 0 aromatic rings. The van der Waals surface area contributed by atoms with E-state index in [1.54, 1.807) is 0 Å². The van der Waals surface area contributed by atoms with Crippen LogP contribution in [0, 0.1) is 0 Å². The van der Waals surface area contributed by atoms with Gasteiger partial charge >= 0.3 is 17.9 Å².